The van der Waals surface area contributed by atoms with Gasteiger partial charge in [-0.1, -0.05) is 6.07 Å². The molecule has 1 aromatic heterocycles. The molecule has 1 aromatic carbocycles. The quantitative estimate of drug-likeness (QED) is 0.677. The molecule has 0 bridgehead atoms. The van der Waals surface area contributed by atoms with Crippen molar-refractivity contribution in [2.24, 2.45) is 0 Å². The zero-order valence-corrected chi connectivity index (χ0v) is 13.2. The Morgan fingerprint density at radius 3 is 2.83 bits per heavy atom. The van der Waals surface area contributed by atoms with Crippen LogP contribution in [-0.2, 0) is 4.79 Å². The van der Waals surface area contributed by atoms with E-state index in [9.17, 15) is 14.0 Å². The molecule has 0 radical (unpaired) electrons. The van der Waals surface area contributed by atoms with Crippen LogP contribution in [0.2, 0.25) is 0 Å². The Bertz CT molecular complexity index is 703. The minimum atomic E-state index is -0.904. The molecule has 0 saturated heterocycles. The normalized spacial score (nSPS) is 11.8. The van der Waals surface area contributed by atoms with E-state index < -0.39 is 23.9 Å². The van der Waals surface area contributed by atoms with Crippen molar-refractivity contribution in [3.63, 3.8) is 0 Å². The summed E-state index contributed by atoms with van der Waals surface area (Å²) in [6.07, 6.45) is 3.55. The van der Waals surface area contributed by atoms with Crippen LogP contribution in [0.3, 0.4) is 0 Å². The van der Waals surface area contributed by atoms with Crippen molar-refractivity contribution in [1.82, 2.24) is 20.4 Å². The zero-order valence-electron chi connectivity index (χ0n) is 13.2. The summed E-state index contributed by atoms with van der Waals surface area (Å²) >= 11 is 0. The molecule has 0 unspecified atom stereocenters. The first kappa shape index (κ1) is 17.5. The van der Waals surface area contributed by atoms with Crippen LogP contribution in [0.4, 0.5) is 9.18 Å². The summed E-state index contributed by atoms with van der Waals surface area (Å²) in [6.45, 7) is 2.00. The molecular weight excluding hydrogens is 315 g/mol. The second-order valence-corrected chi connectivity index (χ2v) is 5.28. The van der Waals surface area contributed by atoms with Crippen LogP contribution in [0, 0.1) is 5.82 Å². The van der Waals surface area contributed by atoms with Crippen molar-refractivity contribution >= 4 is 12.0 Å². The summed E-state index contributed by atoms with van der Waals surface area (Å²) in [7, 11) is 0. The van der Waals surface area contributed by atoms with E-state index >= 15 is 0 Å². The van der Waals surface area contributed by atoms with Crippen LogP contribution in [0.15, 0.2) is 36.7 Å². The number of urea groups is 1. The Kier molecular flexibility index (Phi) is 5.89. The van der Waals surface area contributed by atoms with E-state index in [1.165, 1.54) is 10.7 Å². The first-order valence-corrected chi connectivity index (χ1v) is 7.53. The van der Waals surface area contributed by atoms with E-state index in [2.05, 4.69) is 15.7 Å². The van der Waals surface area contributed by atoms with Crippen molar-refractivity contribution in [3.05, 3.63) is 48.0 Å². The highest BCUT2D eigenvalue weighted by Gasteiger charge is 2.12. The Labute approximate surface area is 138 Å². The summed E-state index contributed by atoms with van der Waals surface area (Å²) in [5.41, 5.74) is 0.943. The Hall–Kier alpha value is -2.90. The smallest absolute Gasteiger partial charge is 0.315 e. The molecule has 2 rings (SSSR count). The molecule has 2 aromatic rings. The first-order valence-electron chi connectivity index (χ1n) is 7.53. The maximum atomic E-state index is 14.2. The van der Waals surface area contributed by atoms with E-state index in [4.69, 9.17) is 5.11 Å². The fourth-order valence-corrected chi connectivity index (χ4v) is 2.16. The maximum Gasteiger partial charge on any atom is 0.315 e. The van der Waals surface area contributed by atoms with Gasteiger partial charge >= 0.3 is 12.0 Å². The summed E-state index contributed by atoms with van der Waals surface area (Å²) in [5.74, 6) is -1.34. The van der Waals surface area contributed by atoms with E-state index in [0.29, 0.717) is 17.7 Å². The highest BCUT2D eigenvalue weighted by atomic mass is 19.1. The van der Waals surface area contributed by atoms with Crippen LogP contribution >= 0.6 is 0 Å². The number of amides is 2. The summed E-state index contributed by atoms with van der Waals surface area (Å²) < 4.78 is 15.6. The number of carbonyl (C=O) groups is 2. The van der Waals surface area contributed by atoms with Gasteiger partial charge < -0.3 is 15.7 Å². The highest BCUT2D eigenvalue weighted by Crippen LogP contribution is 2.19. The lowest BCUT2D eigenvalue weighted by Crippen LogP contribution is -2.37. The fourth-order valence-electron chi connectivity index (χ4n) is 2.16. The minimum absolute atomic E-state index is 0.00403. The number of hydrogen-bond acceptors (Lipinski definition) is 3. The van der Waals surface area contributed by atoms with Gasteiger partial charge in [0.2, 0.25) is 0 Å². The predicted octanol–water partition coefficient (Wildman–Crippen LogP) is 2.24. The molecule has 0 saturated carbocycles. The second-order valence-electron chi connectivity index (χ2n) is 5.28. The lowest BCUT2D eigenvalue weighted by molar-refractivity contribution is -0.137. The molecule has 1 atom stereocenters. The van der Waals surface area contributed by atoms with Crippen molar-refractivity contribution in [2.75, 3.05) is 6.54 Å². The molecule has 7 nitrogen and oxygen atoms in total. The van der Waals surface area contributed by atoms with Gasteiger partial charge in [-0.2, -0.15) is 5.10 Å². The number of hydrogen-bond donors (Lipinski definition) is 3. The van der Waals surface area contributed by atoms with E-state index in [0.717, 1.165) is 0 Å². The molecule has 8 heteroatoms. The molecule has 2 amide bonds. The number of halogens is 1. The highest BCUT2D eigenvalue weighted by molar-refractivity contribution is 5.74. The lowest BCUT2D eigenvalue weighted by Gasteiger charge is -2.16. The van der Waals surface area contributed by atoms with Crippen molar-refractivity contribution < 1.29 is 19.1 Å². The van der Waals surface area contributed by atoms with Crippen molar-refractivity contribution in [2.45, 2.75) is 25.8 Å². The molecule has 0 aliphatic heterocycles. The van der Waals surface area contributed by atoms with Gasteiger partial charge in [0.05, 0.1) is 6.04 Å². The monoisotopic (exact) mass is 334 g/mol. The van der Waals surface area contributed by atoms with Gasteiger partial charge in [-0.3, -0.25) is 4.79 Å². The van der Waals surface area contributed by atoms with Crippen LogP contribution in [-0.4, -0.2) is 33.4 Å². The van der Waals surface area contributed by atoms with Crippen LogP contribution < -0.4 is 10.6 Å². The molecular formula is C16H19FN4O3. The van der Waals surface area contributed by atoms with Crippen molar-refractivity contribution in [1.29, 1.82) is 0 Å². The summed E-state index contributed by atoms with van der Waals surface area (Å²) in [6, 6.07) is 5.55. The van der Waals surface area contributed by atoms with Crippen LogP contribution in [0.25, 0.3) is 5.69 Å². The summed E-state index contributed by atoms with van der Waals surface area (Å²) in [4.78, 5) is 22.1. The molecule has 0 spiro atoms. The van der Waals surface area contributed by atoms with Gasteiger partial charge in [-0.15, -0.1) is 0 Å². The molecule has 0 aliphatic rings. The number of nitrogens with zero attached hydrogens (tertiary/aromatic N) is 2. The third kappa shape index (κ3) is 4.80. The molecule has 0 fully saturated rings. The van der Waals surface area contributed by atoms with Crippen molar-refractivity contribution in [3.8, 4) is 5.69 Å². The Morgan fingerprint density at radius 2 is 2.21 bits per heavy atom. The number of carboxylic acids is 1. The Balaban J connectivity index is 1.90. The maximum absolute atomic E-state index is 14.2. The summed E-state index contributed by atoms with van der Waals surface area (Å²) in [5, 5.41) is 17.7. The topological polar surface area (TPSA) is 96.3 Å². The van der Waals surface area contributed by atoms with E-state index in [-0.39, 0.29) is 13.0 Å². The number of aromatic nitrogens is 2. The minimum Gasteiger partial charge on any atom is -0.481 e. The first-order chi connectivity index (χ1) is 11.5. The van der Waals surface area contributed by atoms with E-state index in [1.807, 2.05) is 0 Å². The molecule has 24 heavy (non-hydrogen) atoms. The van der Waals surface area contributed by atoms with Gasteiger partial charge in [-0.05, 0) is 37.1 Å². The van der Waals surface area contributed by atoms with Gasteiger partial charge in [0.15, 0.2) is 0 Å². The average Bonchev–Trinajstić information content (AvgIpc) is 3.05. The SMILES string of the molecule is C[C@@H](NC(=O)NCCCC(=O)O)c1ccc(-n2cccn2)c(F)c1. The zero-order chi connectivity index (χ0) is 17.5. The fraction of sp³-hybridized carbons (Fsp3) is 0.312. The van der Waals surface area contributed by atoms with E-state index in [1.54, 1.807) is 37.5 Å². The molecule has 0 aliphatic carbocycles. The number of rotatable bonds is 7. The third-order valence-electron chi connectivity index (χ3n) is 3.42. The third-order valence-corrected chi connectivity index (χ3v) is 3.42. The number of nitrogens with one attached hydrogen (secondary N) is 2. The van der Waals surface area contributed by atoms with Gasteiger partial charge in [-0.25, -0.2) is 13.9 Å². The largest absolute Gasteiger partial charge is 0.481 e. The molecule has 3 N–H and O–H groups in total. The number of carboxylic acid groups (broad SMARTS) is 1. The second kappa shape index (κ2) is 8.09. The number of benzene rings is 1. The number of aliphatic carboxylic acids is 1. The van der Waals surface area contributed by atoms with Crippen LogP contribution in [0.5, 0.6) is 0 Å². The van der Waals surface area contributed by atoms with Gasteiger partial charge in [0.1, 0.15) is 11.5 Å². The Morgan fingerprint density at radius 1 is 1.42 bits per heavy atom. The standard InChI is InChI=1S/C16H19FN4O3/c1-11(20-16(24)18-7-2-4-15(22)23)12-5-6-14(13(17)10-12)21-9-3-8-19-21/h3,5-6,8-11H,2,4,7H2,1H3,(H,22,23)(H2,18,20,24)/t11-/m1/s1. The average molecular weight is 334 g/mol. The van der Waals surface area contributed by atoms with Crippen LogP contribution in [0.1, 0.15) is 31.4 Å². The lowest BCUT2D eigenvalue weighted by atomic mass is 10.1. The predicted molar refractivity (Wildman–Crippen MR) is 85.3 cm³/mol. The van der Waals surface area contributed by atoms with Gasteiger partial charge in [0, 0.05) is 25.4 Å². The van der Waals surface area contributed by atoms with Gasteiger partial charge in [0.25, 0.3) is 0 Å². The molecule has 128 valence electrons. The number of carbonyl (C=O) groups excluding carboxylic acids is 1. The molecule has 1 heterocycles.